The third-order valence-corrected chi connectivity index (χ3v) is 3.52. The van der Waals surface area contributed by atoms with Crippen molar-refractivity contribution in [3.8, 4) is 0 Å². The summed E-state index contributed by atoms with van der Waals surface area (Å²) in [6.07, 6.45) is 10.7. The van der Waals surface area contributed by atoms with Crippen LogP contribution in [0.5, 0.6) is 0 Å². The van der Waals surface area contributed by atoms with Crippen LogP contribution in [0.3, 0.4) is 0 Å². The zero-order valence-electron chi connectivity index (χ0n) is 12.5. The second-order valence-electron chi connectivity index (χ2n) is 5.37. The van der Waals surface area contributed by atoms with Gasteiger partial charge in [-0.3, -0.25) is 0 Å². The first kappa shape index (κ1) is 16.0. The fourth-order valence-electron chi connectivity index (χ4n) is 2.25. The summed E-state index contributed by atoms with van der Waals surface area (Å²) in [6.45, 7) is 5.04. The Bertz CT molecular complexity index is 349. The van der Waals surface area contributed by atoms with Crippen molar-refractivity contribution in [1.82, 2.24) is 0 Å². The Morgan fingerprint density at radius 1 is 0.947 bits per heavy atom. The molecule has 0 atom stereocenters. The summed E-state index contributed by atoms with van der Waals surface area (Å²) >= 11 is 0. The second kappa shape index (κ2) is 9.82. The van der Waals surface area contributed by atoms with E-state index in [1.54, 1.807) is 6.92 Å². The highest BCUT2D eigenvalue weighted by molar-refractivity contribution is 5.45. The molecule has 2 heteroatoms. The molecule has 0 aliphatic carbocycles. The molecule has 0 amide bonds. The van der Waals surface area contributed by atoms with Gasteiger partial charge in [-0.25, -0.2) is 4.39 Å². The lowest BCUT2D eigenvalue weighted by Gasteiger charge is -2.07. The van der Waals surface area contributed by atoms with Crippen LogP contribution in [-0.4, -0.2) is 6.54 Å². The smallest absolute Gasteiger partial charge is 0.126 e. The zero-order valence-corrected chi connectivity index (χ0v) is 12.5. The van der Waals surface area contributed by atoms with E-state index in [2.05, 4.69) is 12.2 Å². The van der Waals surface area contributed by atoms with Gasteiger partial charge in [0.2, 0.25) is 0 Å². The minimum absolute atomic E-state index is 0.127. The van der Waals surface area contributed by atoms with E-state index in [4.69, 9.17) is 0 Å². The van der Waals surface area contributed by atoms with E-state index >= 15 is 0 Å². The Morgan fingerprint density at radius 2 is 1.58 bits per heavy atom. The second-order valence-corrected chi connectivity index (χ2v) is 5.37. The third kappa shape index (κ3) is 7.19. The maximum Gasteiger partial charge on any atom is 0.126 e. The Labute approximate surface area is 117 Å². The SMILES string of the molecule is CCCCCCCCCCNc1ccc(F)c(C)c1. The summed E-state index contributed by atoms with van der Waals surface area (Å²) in [5, 5.41) is 3.36. The first-order valence-corrected chi connectivity index (χ1v) is 7.74. The van der Waals surface area contributed by atoms with Crippen LogP contribution in [0.4, 0.5) is 10.1 Å². The lowest BCUT2D eigenvalue weighted by Crippen LogP contribution is -2.01. The van der Waals surface area contributed by atoms with E-state index < -0.39 is 0 Å². The van der Waals surface area contributed by atoms with Gasteiger partial charge in [-0.05, 0) is 37.1 Å². The summed E-state index contributed by atoms with van der Waals surface area (Å²) in [6, 6.07) is 5.22. The van der Waals surface area contributed by atoms with E-state index in [0.29, 0.717) is 5.56 Å². The predicted molar refractivity (Wildman–Crippen MR) is 82.2 cm³/mol. The molecule has 1 aromatic rings. The maximum absolute atomic E-state index is 13.1. The number of nitrogens with one attached hydrogen (secondary N) is 1. The predicted octanol–water partition coefficient (Wildman–Crippen LogP) is 5.69. The summed E-state index contributed by atoms with van der Waals surface area (Å²) in [5.41, 5.74) is 1.74. The fourth-order valence-corrected chi connectivity index (χ4v) is 2.25. The van der Waals surface area contributed by atoms with Gasteiger partial charge >= 0.3 is 0 Å². The lowest BCUT2D eigenvalue weighted by molar-refractivity contribution is 0.581. The minimum Gasteiger partial charge on any atom is -0.385 e. The molecule has 0 heterocycles. The van der Waals surface area contributed by atoms with E-state index in [1.807, 2.05) is 12.1 Å². The fraction of sp³-hybridized carbons (Fsp3) is 0.647. The largest absolute Gasteiger partial charge is 0.385 e. The summed E-state index contributed by atoms with van der Waals surface area (Å²) < 4.78 is 13.1. The van der Waals surface area contributed by atoms with E-state index in [0.717, 1.165) is 12.2 Å². The molecular formula is C17H28FN. The molecule has 0 spiro atoms. The van der Waals surface area contributed by atoms with Crippen LogP contribution in [-0.2, 0) is 0 Å². The molecular weight excluding hydrogens is 237 g/mol. The molecule has 108 valence electrons. The number of aryl methyl sites for hydroxylation is 1. The Morgan fingerprint density at radius 3 is 2.21 bits per heavy atom. The molecule has 0 aromatic heterocycles. The molecule has 0 bridgehead atoms. The number of unbranched alkanes of at least 4 members (excludes halogenated alkanes) is 7. The molecule has 1 nitrogen and oxygen atoms in total. The first-order valence-electron chi connectivity index (χ1n) is 7.74. The van der Waals surface area contributed by atoms with Gasteiger partial charge in [0.1, 0.15) is 5.82 Å². The zero-order chi connectivity index (χ0) is 13.9. The van der Waals surface area contributed by atoms with Crippen LogP contribution in [0.2, 0.25) is 0 Å². The third-order valence-electron chi connectivity index (χ3n) is 3.52. The first-order chi connectivity index (χ1) is 9.24. The quantitative estimate of drug-likeness (QED) is 0.536. The van der Waals surface area contributed by atoms with Gasteiger partial charge in [0.15, 0.2) is 0 Å². The number of anilines is 1. The number of hydrogen-bond donors (Lipinski definition) is 1. The van der Waals surface area contributed by atoms with Gasteiger partial charge in [-0.2, -0.15) is 0 Å². The molecule has 1 aromatic carbocycles. The monoisotopic (exact) mass is 265 g/mol. The number of benzene rings is 1. The van der Waals surface area contributed by atoms with Gasteiger partial charge in [-0.15, -0.1) is 0 Å². The average molecular weight is 265 g/mol. The van der Waals surface area contributed by atoms with E-state index in [-0.39, 0.29) is 5.82 Å². The van der Waals surface area contributed by atoms with Gasteiger partial charge < -0.3 is 5.32 Å². The Hall–Kier alpha value is -1.05. The number of hydrogen-bond acceptors (Lipinski definition) is 1. The highest BCUT2D eigenvalue weighted by atomic mass is 19.1. The Kier molecular flexibility index (Phi) is 8.28. The van der Waals surface area contributed by atoms with Crippen LogP contribution in [0.15, 0.2) is 18.2 Å². The van der Waals surface area contributed by atoms with Crippen molar-refractivity contribution < 1.29 is 4.39 Å². The molecule has 1 rings (SSSR count). The van der Waals surface area contributed by atoms with Crippen LogP contribution in [0, 0.1) is 12.7 Å². The van der Waals surface area contributed by atoms with Crippen molar-refractivity contribution in [2.75, 3.05) is 11.9 Å². The van der Waals surface area contributed by atoms with Crippen LogP contribution >= 0.6 is 0 Å². The van der Waals surface area contributed by atoms with Crippen LogP contribution < -0.4 is 5.32 Å². The molecule has 0 saturated carbocycles. The van der Waals surface area contributed by atoms with Crippen LogP contribution in [0.1, 0.15) is 63.9 Å². The molecule has 0 aliphatic heterocycles. The molecule has 0 saturated heterocycles. The number of halogens is 1. The van der Waals surface area contributed by atoms with Crippen molar-refractivity contribution >= 4 is 5.69 Å². The van der Waals surface area contributed by atoms with Gasteiger partial charge in [0.05, 0.1) is 0 Å². The highest BCUT2D eigenvalue weighted by Gasteiger charge is 1.98. The standard InChI is InChI=1S/C17H28FN/c1-3-4-5-6-7-8-9-10-13-19-16-11-12-17(18)15(2)14-16/h11-12,14,19H,3-10,13H2,1-2H3. The van der Waals surface area contributed by atoms with Crippen LogP contribution in [0.25, 0.3) is 0 Å². The highest BCUT2D eigenvalue weighted by Crippen LogP contribution is 2.14. The normalized spacial score (nSPS) is 10.7. The Balaban J connectivity index is 2.00. The van der Waals surface area contributed by atoms with Gasteiger partial charge in [-0.1, -0.05) is 51.9 Å². The van der Waals surface area contributed by atoms with Gasteiger partial charge in [0.25, 0.3) is 0 Å². The lowest BCUT2D eigenvalue weighted by atomic mass is 10.1. The molecule has 0 unspecified atom stereocenters. The summed E-state index contributed by atoms with van der Waals surface area (Å²) in [4.78, 5) is 0. The number of rotatable bonds is 10. The molecule has 19 heavy (non-hydrogen) atoms. The van der Waals surface area contributed by atoms with Gasteiger partial charge in [0, 0.05) is 12.2 Å². The molecule has 0 aliphatic rings. The van der Waals surface area contributed by atoms with Crippen molar-refractivity contribution in [2.24, 2.45) is 0 Å². The van der Waals surface area contributed by atoms with Crippen molar-refractivity contribution in [3.63, 3.8) is 0 Å². The molecule has 0 radical (unpaired) electrons. The van der Waals surface area contributed by atoms with Crippen molar-refractivity contribution in [2.45, 2.75) is 65.2 Å². The van der Waals surface area contributed by atoms with Crippen molar-refractivity contribution in [1.29, 1.82) is 0 Å². The summed E-state index contributed by atoms with van der Waals surface area (Å²) in [7, 11) is 0. The maximum atomic E-state index is 13.1. The molecule has 1 N–H and O–H groups in total. The average Bonchev–Trinajstić information content (AvgIpc) is 2.41. The van der Waals surface area contributed by atoms with E-state index in [9.17, 15) is 4.39 Å². The minimum atomic E-state index is -0.127. The molecule has 0 fully saturated rings. The van der Waals surface area contributed by atoms with E-state index in [1.165, 1.54) is 57.4 Å². The van der Waals surface area contributed by atoms with Crippen molar-refractivity contribution in [3.05, 3.63) is 29.6 Å². The topological polar surface area (TPSA) is 12.0 Å². The summed E-state index contributed by atoms with van der Waals surface area (Å²) in [5.74, 6) is -0.127.